The highest BCUT2D eigenvalue weighted by molar-refractivity contribution is 6.07. The molecular weight excluding hydrogens is 278 g/mol. The van der Waals surface area contributed by atoms with Crippen LogP contribution in [0.2, 0.25) is 0 Å². The molecule has 0 saturated carbocycles. The van der Waals surface area contributed by atoms with Gasteiger partial charge in [-0.05, 0) is 42.3 Å². The topological polar surface area (TPSA) is 69.4 Å². The minimum Gasteiger partial charge on any atom is -0.484 e. The monoisotopic (exact) mass is 295 g/mol. The minimum atomic E-state index is -0.537. The highest BCUT2D eigenvalue weighted by atomic mass is 16.5. The summed E-state index contributed by atoms with van der Waals surface area (Å²) in [5.41, 5.74) is 7.35. The third-order valence-electron chi connectivity index (χ3n) is 3.06. The predicted molar refractivity (Wildman–Crippen MR) is 85.7 cm³/mol. The van der Waals surface area contributed by atoms with Gasteiger partial charge in [-0.3, -0.25) is 9.59 Å². The van der Waals surface area contributed by atoms with E-state index in [1.165, 1.54) is 6.08 Å². The number of ketones is 1. The van der Waals surface area contributed by atoms with Gasteiger partial charge in [0.1, 0.15) is 5.75 Å². The summed E-state index contributed by atoms with van der Waals surface area (Å²) < 4.78 is 5.26. The second-order valence-corrected chi connectivity index (χ2v) is 4.84. The number of rotatable bonds is 6. The summed E-state index contributed by atoms with van der Waals surface area (Å²) in [6.07, 6.45) is 3.31. The maximum Gasteiger partial charge on any atom is 0.255 e. The van der Waals surface area contributed by atoms with Gasteiger partial charge < -0.3 is 10.5 Å². The molecule has 4 nitrogen and oxygen atoms in total. The Morgan fingerprint density at radius 1 is 1.14 bits per heavy atom. The largest absolute Gasteiger partial charge is 0.484 e. The molecule has 2 N–H and O–H groups in total. The first-order valence-corrected chi connectivity index (χ1v) is 6.85. The van der Waals surface area contributed by atoms with Crippen molar-refractivity contribution in [1.29, 1.82) is 0 Å². The quantitative estimate of drug-likeness (QED) is 0.658. The van der Waals surface area contributed by atoms with E-state index >= 15 is 0 Å². The van der Waals surface area contributed by atoms with Gasteiger partial charge in [-0.2, -0.15) is 0 Å². The van der Waals surface area contributed by atoms with Crippen molar-refractivity contribution in [3.05, 3.63) is 71.3 Å². The molecule has 0 fully saturated rings. The van der Waals surface area contributed by atoms with Crippen molar-refractivity contribution in [2.24, 2.45) is 5.73 Å². The van der Waals surface area contributed by atoms with Crippen LogP contribution in [0.15, 0.2) is 54.6 Å². The number of primary amides is 1. The molecule has 0 saturated heterocycles. The van der Waals surface area contributed by atoms with Crippen LogP contribution in [0.25, 0.3) is 6.08 Å². The smallest absolute Gasteiger partial charge is 0.255 e. The van der Waals surface area contributed by atoms with E-state index in [-0.39, 0.29) is 12.4 Å². The summed E-state index contributed by atoms with van der Waals surface area (Å²) in [6.45, 7) is 1.63. The molecule has 22 heavy (non-hydrogen) atoms. The zero-order valence-electron chi connectivity index (χ0n) is 12.3. The number of hydrogen-bond acceptors (Lipinski definition) is 3. The van der Waals surface area contributed by atoms with Gasteiger partial charge in [0, 0.05) is 5.56 Å². The highest BCUT2D eigenvalue weighted by Gasteiger charge is 2.07. The van der Waals surface area contributed by atoms with Crippen molar-refractivity contribution in [2.45, 2.75) is 6.92 Å². The van der Waals surface area contributed by atoms with E-state index in [4.69, 9.17) is 10.5 Å². The fourth-order valence-electron chi connectivity index (χ4n) is 1.95. The number of benzene rings is 2. The molecule has 0 unspecified atom stereocenters. The van der Waals surface area contributed by atoms with Crippen LogP contribution in [0.4, 0.5) is 0 Å². The van der Waals surface area contributed by atoms with E-state index < -0.39 is 5.91 Å². The van der Waals surface area contributed by atoms with Gasteiger partial charge in [-0.1, -0.05) is 36.4 Å². The molecule has 2 rings (SSSR count). The Morgan fingerprint density at radius 2 is 1.86 bits per heavy atom. The first-order valence-electron chi connectivity index (χ1n) is 6.85. The summed E-state index contributed by atoms with van der Waals surface area (Å²) in [5.74, 6) is -0.0823. The molecule has 112 valence electrons. The Morgan fingerprint density at radius 3 is 2.50 bits per heavy atom. The summed E-state index contributed by atoms with van der Waals surface area (Å²) in [4.78, 5) is 22.9. The van der Waals surface area contributed by atoms with Gasteiger partial charge in [0.25, 0.3) is 5.91 Å². The summed E-state index contributed by atoms with van der Waals surface area (Å²) >= 11 is 0. The van der Waals surface area contributed by atoms with E-state index in [0.29, 0.717) is 11.3 Å². The summed E-state index contributed by atoms with van der Waals surface area (Å²) in [5, 5.41) is 0. The Balaban J connectivity index is 2.09. The first kappa shape index (κ1) is 15.5. The molecule has 0 aliphatic carbocycles. The molecule has 2 aromatic rings. The molecule has 0 atom stereocenters. The second-order valence-electron chi connectivity index (χ2n) is 4.84. The first-order chi connectivity index (χ1) is 10.6. The molecule has 0 heterocycles. The lowest BCUT2D eigenvalue weighted by atomic mass is 10.1. The van der Waals surface area contributed by atoms with Crippen LogP contribution in [0.5, 0.6) is 5.75 Å². The number of amides is 1. The van der Waals surface area contributed by atoms with Crippen LogP contribution in [-0.2, 0) is 4.79 Å². The lowest BCUT2D eigenvalue weighted by Gasteiger charge is -2.08. The summed E-state index contributed by atoms with van der Waals surface area (Å²) in [6, 6.07) is 14.7. The Bertz CT molecular complexity index is 706. The van der Waals surface area contributed by atoms with Crippen molar-refractivity contribution < 1.29 is 14.3 Å². The van der Waals surface area contributed by atoms with Gasteiger partial charge in [-0.15, -0.1) is 0 Å². The molecule has 0 spiro atoms. The number of ether oxygens (including phenoxy) is 1. The maximum absolute atomic E-state index is 12.1. The molecule has 0 aliphatic rings. The van der Waals surface area contributed by atoms with Crippen molar-refractivity contribution in [2.75, 3.05) is 6.61 Å². The molecule has 1 amide bonds. The highest BCUT2D eigenvalue weighted by Crippen LogP contribution is 2.19. The third-order valence-corrected chi connectivity index (χ3v) is 3.06. The van der Waals surface area contributed by atoms with Gasteiger partial charge in [0.05, 0.1) is 0 Å². The number of nitrogens with two attached hydrogens (primary N) is 1. The van der Waals surface area contributed by atoms with Gasteiger partial charge in [0.15, 0.2) is 12.4 Å². The normalized spacial score (nSPS) is 10.6. The fraction of sp³-hybridized carbons (Fsp3) is 0.111. The number of hydrogen-bond donors (Lipinski definition) is 1. The molecule has 0 radical (unpaired) electrons. The maximum atomic E-state index is 12.1. The molecule has 4 heteroatoms. The Hall–Kier alpha value is -2.88. The van der Waals surface area contributed by atoms with Gasteiger partial charge in [-0.25, -0.2) is 0 Å². The van der Waals surface area contributed by atoms with Gasteiger partial charge >= 0.3 is 0 Å². The zero-order chi connectivity index (χ0) is 15.9. The molecule has 2 aromatic carbocycles. The average Bonchev–Trinajstić information content (AvgIpc) is 2.52. The van der Waals surface area contributed by atoms with Crippen molar-refractivity contribution in [1.82, 2.24) is 0 Å². The van der Waals surface area contributed by atoms with Gasteiger partial charge in [0.2, 0.25) is 0 Å². The molecular formula is C18H17NO3. The fourth-order valence-corrected chi connectivity index (χ4v) is 1.95. The van der Waals surface area contributed by atoms with Crippen LogP contribution in [-0.4, -0.2) is 18.3 Å². The Labute approximate surface area is 129 Å². The number of allylic oxidation sites excluding steroid dienone is 1. The minimum absolute atomic E-state index is 0.0894. The van der Waals surface area contributed by atoms with E-state index in [1.807, 2.05) is 37.3 Å². The van der Waals surface area contributed by atoms with Crippen LogP contribution in [0.1, 0.15) is 21.5 Å². The lowest BCUT2D eigenvalue weighted by Crippen LogP contribution is -2.20. The third kappa shape index (κ3) is 4.31. The van der Waals surface area contributed by atoms with E-state index in [9.17, 15) is 9.59 Å². The second kappa shape index (κ2) is 7.22. The molecule has 0 bridgehead atoms. The van der Waals surface area contributed by atoms with E-state index in [1.54, 1.807) is 24.3 Å². The van der Waals surface area contributed by atoms with Crippen LogP contribution < -0.4 is 10.5 Å². The molecule has 0 aliphatic heterocycles. The van der Waals surface area contributed by atoms with Crippen molar-refractivity contribution >= 4 is 17.8 Å². The van der Waals surface area contributed by atoms with Crippen LogP contribution >= 0.6 is 0 Å². The number of carbonyl (C=O) groups is 2. The number of carbonyl (C=O) groups excluding carboxylic acids is 2. The predicted octanol–water partition coefficient (Wildman–Crippen LogP) is 2.76. The lowest BCUT2D eigenvalue weighted by molar-refractivity contribution is -0.119. The van der Waals surface area contributed by atoms with Crippen LogP contribution in [0, 0.1) is 6.92 Å². The van der Waals surface area contributed by atoms with Crippen LogP contribution in [0.3, 0.4) is 0 Å². The Kier molecular flexibility index (Phi) is 5.09. The molecule has 0 aromatic heterocycles. The number of aryl methyl sites for hydroxylation is 1. The summed E-state index contributed by atoms with van der Waals surface area (Å²) in [7, 11) is 0. The van der Waals surface area contributed by atoms with Crippen molar-refractivity contribution in [3.8, 4) is 5.75 Å². The standard InChI is InChI=1S/C18H17NO3/c1-13-11-15(8-10-17(13)22-12-18(19)21)16(20)9-7-14-5-3-2-4-6-14/h2-11H,12H2,1H3,(H2,19,21)/b9-7+. The SMILES string of the molecule is Cc1cc(C(=O)/C=C/c2ccccc2)ccc1OCC(N)=O. The van der Waals surface area contributed by atoms with Crippen molar-refractivity contribution in [3.63, 3.8) is 0 Å². The van der Waals surface area contributed by atoms with E-state index in [0.717, 1.165) is 11.1 Å². The zero-order valence-corrected chi connectivity index (χ0v) is 12.3. The van der Waals surface area contributed by atoms with E-state index in [2.05, 4.69) is 0 Å². The average molecular weight is 295 g/mol.